The molecule has 0 spiro atoms. The number of carbonyl (C=O) groups excluding carboxylic acids is 1. The Labute approximate surface area is 205 Å². The first-order valence-electron chi connectivity index (χ1n) is 12.1. The van der Waals surface area contributed by atoms with Gasteiger partial charge in [-0.3, -0.25) is 4.79 Å². The van der Waals surface area contributed by atoms with Crippen LogP contribution in [0.4, 0.5) is 5.69 Å². The number of fused-ring (bicyclic) bond motifs is 1. The zero-order chi connectivity index (χ0) is 24.9. The third-order valence-corrected chi connectivity index (χ3v) is 6.12. The highest BCUT2D eigenvalue weighted by Crippen LogP contribution is 2.28. The van der Waals surface area contributed by atoms with Crippen LogP contribution in [0, 0.1) is 6.92 Å². The summed E-state index contributed by atoms with van der Waals surface area (Å²) in [5, 5.41) is 12.5. The molecular weight excluding hydrogens is 438 g/mol. The second-order valence-electron chi connectivity index (χ2n) is 8.87. The molecule has 1 heterocycles. The van der Waals surface area contributed by atoms with Gasteiger partial charge in [0.1, 0.15) is 5.82 Å². The number of nitrogens with zero attached hydrogens (tertiary/aromatic N) is 2. The number of hydrogen-bond acceptors (Lipinski definition) is 3. The van der Waals surface area contributed by atoms with Crippen molar-refractivity contribution >= 4 is 28.6 Å². The second-order valence-corrected chi connectivity index (χ2v) is 8.87. The molecule has 4 rings (SSSR count). The zero-order valence-corrected chi connectivity index (χ0v) is 20.5. The van der Waals surface area contributed by atoms with Crippen molar-refractivity contribution in [2.75, 3.05) is 5.32 Å². The highest BCUT2D eigenvalue weighted by Gasteiger charge is 2.15. The van der Waals surface area contributed by atoms with Crippen LogP contribution in [-0.2, 0) is 17.8 Å². The van der Waals surface area contributed by atoms with Crippen molar-refractivity contribution in [1.29, 1.82) is 0 Å². The lowest BCUT2D eigenvalue weighted by molar-refractivity contribution is -0.116. The number of hydrogen-bond donors (Lipinski definition) is 2. The smallest absolute Gasteiger partial charge is 0.336 e. The topological polar surface area (TPSA) is 84.2 Å². The van der Waals surface area contributed by atoms with Crippen LogP contribution >= 0.6 is 0 Å². The molecule has 0 saturated carbocycles. The molecular formula is C29H31N3O3. The average Bonchev–Trinajstić information content (AvgIpc) is 3.17. The third-order valence-electron chi connectivity index (χ3n) is 6.12. The third kappa shape index (κ3) is 5.27. The lowest BCUT2D eigenvalue weighted by Crippen LogP contribution is -2.11. The molecule has 0 aliphatic heterocycles. The monoisotopic (exact) mass is 469 g/mol. The van der Waals surface area contributed by atoms with E-state index in [9.17, 15) is 14.7 Å². The quantitative estimate of drug-likeness (QED) is 0.295. The van der Waals surface area contributed by atoms with Crippen LogP contribution in [0.3, 0.4) is 0 Å². The fourth-order valence-electron chi connectivity index (χ4n) is 4.45. The molecule has 1 amide bonds. The number of imidazole rings is 1. The van der Waals surface area contributed by atoms with Crippen LogP contribution in [-0.4, -0.2) is 26.5 Å². The number of carboxylic acids is 1. The summed E-state index contributed by atoms with van der Waals surface area (Å²) in [6.07, 6.45) is 3.14. The summed E-state index contributed by atoms with van der Waals surface area (Å²) in [4.78, 5) is 28.7. The molecule has 0 unspecified atom stereocenters. The molecule has 0 atom stereocenters. The fraction of sp³-hybridized carbons (Fsp3) is 0.276. The van der Waals surface area contributed by atoms with E-state index in [1.807, 2.05) is 62.4 Å². The Balaban J connectivity index is 1.70. The number of aryl methyl sites for hydroxylation is 2. The maximum Gasteiger partial charge on any atom is 0.336 e. The van der Waals surface area contributed by atoms with Crippen molar-refractivity contribution in [3.05, 3.63) is 83.2 Å². The Hall–Kier alpha value is -3.93. The number of aromatic nitrogens is 2. The van der Waals surface area contributed by atoms with Crippen LogP contribution in [0.15, 0.2) is 60.7 Å². The number of carboxylic acid groups (broad SMARTS) is 1. The van der Waals surface area contributed by atoms with Crippen LogP contribution in [0.2, 0.25) is 0 Å². The van der Waals surface area contributed by atoms with Crippen molar-refractivity contribution in [3.63, 3.8) is 0 Å². The van der Waals surface area contributed by atoms with E-state index in [0.717, 1.165) is 58.5 Å². The first-order chi connectivity index (χ1) is 16.9. The predicted molar refractivity (Wildman–Crippen MR) is 140 cm³/mol. The number of amides is 1. The first kappa shape index (κ1) is 24.2. The number of carbonyl (C=O) groups is 2. The number of aromatic carboxylic acids is 1. The summed E-state index contributed by atoms with van der Waals surface area (Å²) >= 11 is 0. The molecule has 180 valence electrons. The number of anilines is 1. The SMILES string of the molecule is CCCC(=O)Nc1cc(C)c2nc(CCC)n(Cc3ccc(-c4ccccc4C(=O)O)cc3)c2c1. The van der Waals surface area contributed by atoms with E-state index < -0.39 is 5.97 Å². The van der Waals surface area contributed by atoms with Gasteiger partial charge >= 0.3 is 5.97 Å². The lowest BCUT2D eigenvalue weighted by Gasteiger charge is -2.12. The predicted octanol–water partition coefficient (Wildman–Crippen LogP) is 6.45. The number of rotatable bonds is 9. The van der Waals surface area contributed by atoms with E-state index in [4.69, 9.17) is 4.98 Å². The fourth-order valence-corrected chi connectivity index (χ4v) is 4.45. The van der Waals surface area contributed by atoms with Crippen molar-refractivity contribution in [1.82, 2.24) is 9.55 Å². The van der Waals surface area contributed by atoms with Gasteiger partial charge in [0.05, 0.1) is 16.6 Å². The van der Waals surface area contributed by atoms with E-state index in [2.05, 4.69) is 16.8 Å². The van der Waals surface area contributed by atoms with Gasteiger partial charge in [-0.15, -0.1) is 0 Å². The Morgan fingerprint density at radius 3 is 2.43 bits per heavy atom. The van der Waals surface area contributed by atoms with Gasteiger partial charge in [0, 0.05) is 25.1 Å². The highest BCUT2D eigenvalue weighted by molar-refractivity contribution is 5.96. The highest BCUT2D eigenvalue weighted by atomic mass is 16.4. The Morgan fingerprint density at radius 2 is 1.74 bits per heavy atom. The molecule has 6 nitrogen and oxygen atoms in total. The van der Waals surface area contributed by atoms with E-state index in [1.165, 1.54) is 0 Å². The molecule has 1 aromatic heterocycles. The minimum Gasteiger partial charge on any atom is -0.478 e. The Kier molecular flexibility index (Phi) is 7.30. The molecule has 2 N–H and O–H groups in total. The molecule has 0 aliphatic carbocycles. The molecule has 35 heavy (non-hydrogen) atoms. The Morgan fingerprint density at radius 1 is 1.00 bits per heavy atom. The van der Waals surface area contributed by atoms with Crippen molar-refractivity contribution < 1.29 is 14.7 Å². The van der Waals surface area contributed by atoms with Crippen molar-refractivity contribution in [2.45, 2.75) is 53.0 Å². The van der Waals surface area contributed by atoms with E-state index in [1.54, 1.807) is 12.1 Å². The van der Waals surface area contributed by atoms with Gasteiger partial charge in [-0.1, -0.05) is 56.3 Å². The first-order valence-corrected chi connectivity index (χ1v) is 12.1. The van der Waals surface area contributed by atoms with Gasteiger partial charge in [0.15, 0.2) is 0 Å². The zero-order valence-electron chi connectivity index (χ0n) is 20.5. The van der Waals surface area contributed by atoms with Gasteiger partial charge in [0.25, 0.3) is 0 Å². The molecule has 0 aliphatic rings. The lowest BCUT2D eigenvalue weighted by atomic mass is 9.99. The summed E-state index contributed by atoms with van der Waals surface area (Å²) in [5.74, 6) is 0.0993. The van der Waals surface area contributed by atoms with Gasteiger partial charge in [-0.2, -0.15) is 0 Å². The standard InChI is InChI=1S/C29H31N3O3/c1-4-8-26-31-28-19(3)16-22(30-27(33)9-5-2)17-25(28)32(26)18-20-12-14-21(15-13-20)23-10-6-7-11-24(23)29(34)35/h6-7,10-17H,4-5,8-9,18H2,1-3H3,(H,30,33)(H,34,35). The van der Waals surface area contributed by atoms with Crippen molar-refractivity contribution in [2.24, 2.45) is 0 Å². The maximum absolute atomic E-state index is 12.2. The van der Waals surface area contributed by atoms with Crippen molar-refractivity contribution in [3.8, 4) is 11.1 Å². The summed E-state index contributed by atoms with van der Waals surface area (Å²) < 4.78 is 2.22. The van der Waals surface area contributed by atoms with Gasteiger partial charge < -0.3 is 15.0 Å². The normalized spacial score (nSPS) is 11.1. The van der Waals surface area contributed by atoms with Gasteiger partial charge in [-0.05, 0) is 60.2 Å². The molecule has 0 fully saturated rings. The molecule has 0 radical (unpaired) electrons. The van der Waals surface area contributed by atoms with Crippen LogP contribution < -0.4 is 5.32 Å². The second kappa shape index (κ2) is 10.6. The van der Waals surface area contributed by atoms with Crippen LogP contribution in [0.5, 0.6) is 0 Å². The molecule has 3 aromatic carbocycles. The van der Waals surface area contributed by atoms with E-state index >= 15 is 0 Å². The minimum absolute atomic E-state index is 0.0170. The van der Waals surface area contributed by atoms with E-state index in [-0.39, 0.29) is 5.91 Å². The molecule has 0 saturated heterocycles. The summed E-state index contributed by atoms with van der Waals surface area (Å²) in [5.41, 5.74) is 6.73. The minimum atomic E-state index is -0.934. The molecule has 4 aromatic rings. The average molecular weight is 470 g/mol. The molecule has 6 heteroatoms. The Bertz CT molecular complexity index is 1370. The van der Waals surface area contributed by atoms with Gasteiger partial charge in [0.2, 0.25) is 5.91 Å². The van der Waals surface area contributed by atoms with Crippen LogP contribution in [0.1, 0.15) is 60.4 Å². The number of nitrogens with one attached hydrogen (secondary N) is 1. The molecule has 0 bridgehead atoms. The van der Waals surface area contributed by atoms with Gasteiger partial charge in [-0.25, -0.2) is 9.78 Å². The summed E-state index contributed by atoms with van der Waals surface area (Å²) in [7, 11) is 0. The largest absolute Gasteiger partial charge is 0.478 e. The van der Waals surface area contributed by atoms with E-state index in [0.29, 0.717) is 24.1 Å². The van der Waals surface area contributed by atoms with Crippen LogP contribution in [0.25, 0.3) is 22.2 Å². The maximum atomic E-state index is 12.2. The summed E-state index contributed by atoms with van der Waals surface area (Å²) in [6, 6.07) is 19.1. The summed E-state index contributed by atoms with van der Waals surface area (Å²) in [6.45, 7) is 6.80. The number of benzene rings is 3.